The van der Waals surface area contributed by atoms with E-state index in [1.165, 1.54) is 4.88 Å². The van der Waals surface area contributed by atoms with Crippen LogP contribution in [0, 0.1) is 12.8 Å². The first-order chi connectivity index (χ1) is 18.1. The van der Waals surface area contributed by atoms with Crippen LogP contribution >= 0.6 is 11.3 Å². The number of anilines is 1. The van der Waals surface area contributed by atoms with E-state index in [-0.39, 0.29) is 11.8 Å². The van der Waals surface area contributed by atoms with Crippen LogP contribution in [0.1, 0.15) is 24.1 Å². The number of thiophene rings is 1. The quantitative estimate of drug-likeness (QED) is 0.274. The molecule has 0 unspecified atom stereocenters. The minimum Gasteiger partial charge on any atom is -0.335 e. The Hall–Kier alpha value is -4.44. The highest BCUT2D eigenvalue weighted by molar-refractivity contribution is 7.15. The molecule has 0 radical (unpaired) electrons. The van der Waals surface area contributed by atoms with Crippen LogP contribution in [0.2, 0.25) is 0 Å². The van der Waals surface area contributed by atoms with Gasteiger partial charge in [0.2, 0.25) is 5.91 Å². The number of amides is 1. The third kappa shape index (κ3) is 3.86. The van der Waals surface area contributed by atoms with E-state index >= 15 is 0 Å². The molecule has 1 fully saturated rings. The van der Waals surface area contributed by atoms with Crippen LogP contribution in [0.15, 0.2) is 55.1 Å². The molecule has 6 aromatic heterocycles. The number of aromatic nitrogens is 7. The van der Waals surface area contributed by atoms with Crippen molar-refractivity contribution in [1.29, 1.82) is 0 Å². The highest BCUT2D eigenvalue weighted by atomic mass is 32.1. The topological polar surface area (TPSA) is 125 Å². The number of H-pyrrole nitrogens is 2. The Morgan fingerprint density at radius 2 is 2.03 bits per heavy atom. The van der Waals surface area contributed by atoms with Crippen molar-refractivity contribution in [2.45, 2.75) is 26.2 Å². The third-order valence-electron chi connectivity index (χ3n) is 6.85. The predicted octanol–water partition coefficient (Wildman–Crippen LogP) is 5.73. The van der Waals surface area contributed by atoms with E-state index < -0.39 is 0 Å². The molecule has 1 amide bonds. The Kier molecular flexibility index (Phi) is 5.07. The van der Waals surface area contributed by atoms with Gasteiger partial charge in [-0.05, 0) is 50.1 Å². The van der Waals surface area contributed by atoms with Gasteiger partial charge in [0, 0.05) is 44.6 Å². The molecule has 6 aromatic rings. The minimum atomic E-state index is 0.0568. The Morgan fingerprint density at radius 1 is 1.11 bits per heavy atom. The molecule has 10 heteroatoms. The van der Waals surface area contributed by atoms with E-state index in [0.717, 1.165) is 57.4 Å². The second kappa shape index (κ2) is 8.59. The summed E-state index contributed by atoms with van der Waals surface area (Å²) in [5, 5.41) is 11.5. The van der Waals surface area contributed by atoms with Crippen LogP contribution in [0.3, 0.4) is 0 Å². The summed E-state index contributed by atoms with van der Waals surface area (Å²) in [5.41, 5.74) is 6.27. The fourth-order valence-electron chi connectivity index (χ4n) is 4.63. The first kappa shape index (κ1) is 21.8. The van der Waals surface area contributed by atoms with Crippen LogP contribution < -0.4 is 5.32 Å². The lowest BCUT2D eigenvalue weighted by Gasteiger charge is -2.24. The van der Waals surface area contributed by atoms with Gasteiger partial charge in [-0.3, -0.25) is 19.9 Å². The zero-order valence-corrected chi connectivity index (χ0v) is 20.8. The van der Waals surface area contributed by atoms with E-state index in [0.29, 0.717) is 22.9 Å². The summed E-state index contributed by atoms with van der Waals surface area (Å²) in [4.78, 5) is 36.4. The van der Waals surface area contributed by atoms with Crippen LogP contribution in [0.5, 0.6) is 0 Å². The molecule has 1 saturated carbocycles. The van der Waals surface area contributed by atoms with Crippen LogP contribution in [-0.2, 0) is 4.79 Å². The smallest absolute Gasteiger partial charge is 0.227 e. The number of hydrogen-bond acceptors (Lipinski definition) is 7. The number of carbonyl (C=O) groups is 1. The van der Waals surface area contributed by atoms with Crippen molar-refractivity contribution in [1.82, 2.24) is 35.1 Å². The Bertz CT molecular complexity index is 1790. The number of aryl methyl sites for hydroxylation is 1. The summed E-state index contributed by atoms with van der Waals surface area (Å²) in [6.07, 6.45) is 9.96. The summed E-state index contributed by atoms with van der Waals surface area (Å²) >= 11 is 1.74. The predicted molar refractivity (Wildman–Crippen MR) is 144 cm³/mol. The van der Waals surface area contributed by atoms with Crippen LogP contribution in [-0.4, -0.2) is 41.0 Å². The number of hydrogen-bond donors (Lipinski definition) is 3. The van der Waals surface area contributed by atoms with Gasteiger partial charge in [-0.1, -0.05) is 6.42 Å². The molecule has 9 nitrogen and oxygen atoms in total. The molecule has 0 spiro atoms. The van der Waals surface area contributed by atoms with Crippen LogP contribution in [0.4, 0.5) is 5.69 Å². The number of aromatic amines is 2. The van der Waals surface area contributed by atoms with E-state index in [1.54, 1.807) is 36.1 Å². The summed E-state index contributed by atoms with van der Waals surface area (Å²) in [6, 6.07) is 10.1. The third-order valence-corrected chi connectivity index (χ3v) is 7.88. The minimum absolute atomic E-state index is 0.0568. The van der Waals surface area contributed by atoms with E-state index in [1.807, 2.05) is 18.2 Å². The standard InChI is InChI=1S/C27H22N8OS/c1-14-5-6-22(37-14)18-7-8-29-25-23(18)32-26(33-25)24-19-10-20(30-13-21(19)34-35-24)16-9-17(12-28-11-16)31-27(36)15-3-2-4-15/h5-13,15H,2-4H2,1H3,(H,31,36)(H,34,35)(H,29,32,33). The zero-order valence-electron chi connectivity index (χ0n) is 19.9. The number of nitrogens with zero attached hydrogens (tertiary/aromatic N) is 5. The maximum atomic E-state index is 12.4. The lowest BCUT2D eigenvalue weighted by atomic mass is 9.85. The summed E-state index contributed by atoms with van der Waals surface area (Å²) in [6.45, 7) is 2.10. The van der Waals surface area contributed by atoms with Gasteiger partial charge in [-0.15, -0.1) is 11.3 Å². The van der Waals surface area contributed by atoms with Gasteiger partial charge in [0.25, 0.3) is 0 Å². The lowest BCUT2D eigenvalue weighted by Crippen LogP contribution is -2.28. The maximum absolute atomic E-state index is 12.4. The highest BCUT2D eigenvalue weighted by Gasteiger charge is 2.25. The van der Waals surface area contributed by atoms with Crippen molar-refractivity contribution in [3.63, 3.8) is 0 Å². The lowest BCUT2D eigenvalue weighted by molar-refractivity contribution is -0.122. The SMILES string of the molecule is Cc1ccc(-c2ccnc3nc(-c4n[nH]c5cnc(-c6cncc(NC(=O)C7CCC7)c6)cc45)[nH]c23)s1. The normalized spacial score (nSPS) is 13.8. The van der Waals surface area contributed by atoms with Crippen molar-refractivity contribution in [2.24, 2.45) is 5.92 Å². The fourth-order valence-corrected chi connectivity index (χ4v) is 5.53. The molecule has 37 heavy (non-hydrogen) atoms. The second-order valence-corrected chi connectivity index (χ2v) is 10.6. The fraction of sp³-hybridized carbons (Fsp3) is 0.185. The Balaban J connectivity index is 1.26. The molecule has 182 valence electrons. The number of imidazole rings is 1. The van der Waals surface area contributed by atoms with E-state index in [9.17, 15) is 4.79 Å². The molecule has 3 N–H and O–H groups in total. The van der Waals surface area contributed by atoms with Crippen molar-refractivity contribution in [3.05, 3.63) is 60.0 Å². The largest absolute Gasteiger partial charge is 0.335 e. The Morgan fingerprint density at radius 3 is 2.84 bits per heavy atom. The molecular weight excluding hydrogens is 484 g/mol. The van der Waals surface area contributed by atoms with Gasteiger partial charge in [-0.2, -0.15) is 5.10 Å². The average Bonchev–Trinajstić information content (AvgIpc) is 3.60. The first-order valence-corrected chi connectivity index (χ1v) is 13.0. The molecule has 0 bridgehead atoms. The zero-order chi connectivity index (χ0) is 24.9. The number of fused-ring (bicyclic) bond motifs is 2. The molecule has 0 aromatic carbocycles. The van der Waals surface area contributed by atoms with Gasteiger partial charge >= 0.3 is 0 Å². The molecule has 0 aliphatic heterocycles. The van der Waals surface area contributed by atoms with Crippen molar-refractivity contribution >= 4 is 45.0 Å². The number of rotatable bonds is 5. The summed E-state index contributed by atoms with van der Waals surface area (Å²) in [7, 11) is 0. The molecule has 1 aliphatic rings. The summed E-state index contributed by atoms with van der Waals surface area (Å²) < 4.78 is 0. The molecular formula is C27H22N8OS. The average molecular weight is 507 g/mol. The number of pyridine rings is 3. The first-order valence-electron chi connectivity index (χ1n) is 12.1. The monoisotopic (exact) mass is 506 g/mol. The van der Waals surface area contributed by atoms with Gasteiger partial charge in [0.1, 0.15) is 5.69 Å². The molecule has 1 aliphatic carbocycles. The number of carbonyl (C=O) groups excluding carboxylic acids is 1. The van der Waals surface area contributed by atoms with Crippen LogP contribution in [0.25, 0.3) is 55.3 Å². The second-order valence-electron chi connectivity index (χ2n) is 9.32. The van der Waals surface area contributed by atoms with E-state index in [2.05, 4.69) is 54.5 Å². The molecule has 7 rings (SSSR count). The van der Waals surface area contributed by atoms with E-state index in [4.69, 9.17) is 4.98 Å². The van der Waals surface area contributed by atoms with Gasteiger partial charge in [0.15, 0.2) is 11.5 Å². The van der Waals surface area contributed by atoms with Crippen molar-refractivity contribution in [2.75, 3.05) is 5.32 Å². The van der Waals surface area contributed by atoms with Crippen molar-refractivity contribution in [3.8, 4) is 33.2 Å². The van der Waals surface area contributed by atoms with Crippen molar-refractivity contribution < 1.29 is 4.79 Å². The number of nitrogens with one attached hydrogen (secondary N) is 3. The van der Waals surface area contributed by atoms with Gasteiger partial charge < -0.3 is 10.3 Å². The maximum Gasteiger partial charge on any atom is 0.227 e. The molecule has 0 atom stereocenters. The van der Waals surface area contributed by atoms with Gasteiger partial charge in [0.05, 0.1) is 34.8 Å². The highest BCUT2D eigenvalue weighted by Crippen LogP contribution is 2.34. The molecule has 6 heterocycles. The van der Waals surface area contributed by atoms with Gasteiger partial charge in [-0.25, -0.2) is 9.97 Å². The Labute approximate surface area is 215 Å². The molecule has 0 saturated heterocycles. The summed E-state index contributed by atoms with van der Waals surface area (Å²) in [5.74, 6) is 0.793.